The van der Waals surface area contributed by atoms with Gasteiger partial charge < -0.3 is 0 Å². The van der Waals surface area contributed by atoms with Gasteiger partial charge >= 0.3 is 40.0 Å². The molecule has 0 saturated heterocycles. The molecule has 0 spiro atoms. The first-order valence-corrected chi connectivity index (χ1v) is 9.14. The topological polar surface area (TPSA) is 0 Å². The maximum absolute atomic E-state index is 7.42. The van der Waals surface area contributed by atoms with Gasteiger partial charge in [0.15, 0.2) is 0 Å². The van der Waals surface area contributed by atoms with Crippen LogP contribution < -0.4 is 0 Å². The van der Waals surface area contributed by atoms with Gasteiger partial charge in [0.25, 0.3) is 0 Å². The third-order valence-electron chi connectivity index (χ3n) is 3.16. The Hall–Kier alpha value is 1.95. The van der Waals surface area contributed by atoms with E-state index in [1.165, 1.54) is 11.1 Å². The van der Waals surface area contributed by atoms with E-state index < -0.39 is 36.5 Å². The van der Waals surface area contributed by atoms with Crippen molar-refractivity contribution >= 4 is 0 Å². The summed E-state index contributed by atoms with van der Waals surface area (Å²) in [5, 5.41) is 0. The summed E-state index contributed by atoms with van der Waals surface area (Å²) in [5.74, 6) is 0. The monoisotopic (exact) mass is 650 g/mol. The van der Waals surface area contributed by atoms with E-state index in [0.29, 0.717) is 12.1 Å². The van der Waals surface area contributed by atoms with Gasteiger partial charge in [-0.05, 0) is 22.0 Å². The molecule has 2 aromatic rings. The second-order valence-corrected chi connectivity index (χ2v) is 7.08. The molecule has 30 heavy (non-hydrogen) atoms. The van der Waals surface area contributed by atoms with Crippen molar-refractivity contribution in [1.29, 1.82) is 3.52 Å². The van der Waals surface area contributed by atoms with Crippen LogP contribution in [0.25, 0.3) is 0 Å². The average molecular weight is 650 g/mol. The Labute approximate surface area is 266 Å². The quantitative estimate of drug-likeness (QED) is 0.290. The summed E-state index contributed by atoms with van der Waals surface area (Å²) in [4.78, 5) is 0. The van der Waals surface area contributed by atoms with Gasteiger partial charge in [-0.2, -0.15) is 0 Å². The van der Waals surface area contributed by atoms with Gasteiger partial charge in [-0.15, -0.1) is 0 Å². The molecular weight excluding hydrogens is 594 g/mol. The second-order valence-electron chi connectivity index (χ2n) is 7.08. The van der Waals surface area contributed by atoms with Crippen LogP contribution in [0, 0.1) is 0 Å². The zero-order chi connectivity index (χ0) is 26.4. The Morgan fingerprint density at radius 3 is 1.13 bits per heavy atom. The Bertz CT molecular complexity index is 647. The molecule has 0 aromatic heterocycles. The van der Waals surface area contributed by atoms with Crippen LogP contribution in [0.4, 0.5) is 0 Å². The van der Waals surface area contributed by atoms with Crippen LogP contribution in [0.3, 0.4) is 0 Å². The molecule has 0 aliphatic rings. The Morgan fingerprint density at radius 1 is 0.567 bits per heavy atom. The minimum absolute atomic E-state index is 0. The molecular formula is C24H44V6. The second kappa shape index (κ2) is 30.9. The molecule has 4 radical (unpaired) electrons. The molecule has 0 nitrogen and oxygen atoms in total. The van der Waals surface area contributed by atoms with Gasteiger partial charge in [0.2, 0.25) is 0 Å². The molecule has 0 fully saturated rings. The van der Waals surface area contributed by atoms with E-state index >= 15 is 0 Å². The van der Waals surface area contributed by atoms with Gasteiger partial charge in [-0.1, -0.05) is 130 Å². The SMILES string of the molecule is CC.CC.[3H][V][3H].[3H][V][3H].[3H]c1ccc(C(C)(C)C)cc1.[3H]c1cccc(C(C)(C)C)c1.[V].[V].[V].[V]. The Balaban J connectivity index is -0.0000000495. The standard InChI is InChI=1S/2C10H14.2C2H6.6V.4H/c2*1-10(2,3)9-7-5-4-6-8-9;2*1-2;;;;;;;;;;/h2*4-8H,1-3H3;2*1-2H3;;;;;;;;;;/i5T;4T;;;;;;;;;4*1+2. The number of hydrogen-bond donors (Lipinski definition) is 0. The van der Waals surface area contributed by atoms with Gasteiger partial charge in [-0.3, -0.25) is 0 Å². The largest absolute Gasteiger partial charge is 0.0623 e. The molecule has 0 heterocycles. The molecule has 0 amide bonds. The van der Waals surface area contributed by atoms with Crippen LogP contribution >= 0.6 is 0 Å². The number of rotatable bonds is 0. The van der Waals surface area contributed by atoms with E-state index in [1.807, 2.05) is 64.1 Å². The van der Waals surface area contributed by atoms with Crippen LogP contribution in [-0.2, 0) is 122 Å². The molecule has 0 atom stereocenters. The van der Waals surface area contributed by atoms with Gasteiger partial charge in [-0.25, -0.2) is 0 Å². The van der Waals surface area contributed by atoms with Crippen molar-refractivity contribution in [2.75, 3.05) is 0 Å². The smallest absolute Gasteiger partial charge is 0.0622 e. The van der Waals surface area contributed by atoms with Gasteiger partial charge in [0, 0.05) is 74.2 Å². The molecule has 0 N–H and O–H groups in total. The minimum Gasteiger partial charge on any atom is -0.0622 e. The fourth-order valence-electron chi connectivity index (χ4n) is 1.75. The third kappa shape index (κ3) is 28.0. The Morgan fingerprint density at radius 2 is 0.867 bits per heavy atom. The third-order valence-corrected chi connectivity index (χ3v) is 3.16. The van der Waals surface area contributed by atoms with Crippen molar-refractivity contribution in [1.82, 2.24) is 0 Å². The maximum atomic E-state index is 7.42. The summed E-state index contributed by atoms with van der Waals surface area (Å²) in [5.41, 5.74) is 2.88. The van der Waals surface area contributed by atoms with Crippen LogP contribution in [0.5, 0.6) is 0 Å². The summed E-state index contributed by atoms with van der Waals surface area (Å²) in [6.07, 6.45) is 0. The van der Waals surface area contributed by atoms with Crippen molar-refractivity contribution < 1.29 is 113 Å². The molecule has 170 valence electrons. The van der Waals surface area contributed by atoms with Gasteiger partial charge in [0.05, 0.1) is 2.74 Å². The summed E-state index contributed by atoms with van der Waals surface area (Å²) >= 11 is -1.62. The predicted octanol–water partition coefficient (Wildman–Crippen LogP) is 6.93. The zero-order valence-corrected chi connectivity index (χ0v) is 28.7. The number of hydrogen-bond acceptors (Lipinski definition) is 0. The molecule has 0 aliphatic carbocycles. The van der Waals surface area contributed by atoms with Crippen LogP contribution in [0.2, 0.25) is 0 Å². The van der Waals surface area contributed by atoms with E-state index in [-0.39, 0.29) is 85.1 Å². The minimum atomic E-state index is -0.812. The van der Waals surface area contributed by atoms with Crippen LogP contribution in [0.1, 0.15) is 83.1 Å². The molecule has 0 bridgehead atoms. The summed E-state index contributed by atoms with van der Waals surface area (Å²) in [7, 11) is 0. The van der Waals surface area contributed by atoms with Crippen molar-refractivity contribution in [3.05, 3.63) is 71.7 Å². The fourth-order valence-corrected chi connectivity index (χ4v) is 1.75. The molecule has 0 unspecified atom stereocenters. The van der Waals surface area contributed by atoms with Gasteiger partial charge in [0.1, 0.15) is 0 Å². The fraction of sp³-hybridized carbons (Fsp3) is 0.500. The molecule has 0 aliphatic heterocycles. The summed E-state index contributed by atoms with van der Waals surface area (Å²) < 4.78 is 38.6. The predicted molar refractivity (Wildman–Crippen MR) is 119 cm³/mol. The van der Waals surface area contributed by atoms with Crippen molar-refractivity contribution in [3.63, 3.8) is 0 Å². The normalized spacial score (nSPS) is 10.1. The summed E-state index contributed by atoms with van der Waals surface area (Å²) in [6.45, 7) is 21.0. The average Bonchev–Trinajstić information content (AvgIpc) is 2.72. The first kappa shape index (κ1) is 34.1. The summed E-state index contributed by atoms with van der Waals surface area (Å²) in [6, 6.07) is 16.6. The molecule has 2 rings (SSSR count). The first-order chi connectivity index (χ1) is 14.8. The van der Waals surface area contributed by atoms with E-state index in [9.17, 15) is 0 Å². The maximum Gasteiger partial charge on any atom is 0.0623 e. The van der Waals surface area contributed by atoms with Crippen molar-refractivity contribution in [2.45, 2.75) is 80.1 Å². The van der Waals surface area contributed by atoms with E-state index in [2.05, 4.69) is 47.6 Å². The van der Waals surface area contributed by atoms with E-state index in [1.54, 1.807) is 6.07 Å². The zero-order valence-electron chi connectivity index (χ0n) is 26.3. The molecule has 2 aromatic carbocycles. The van der Waals surface area contributed by atoms with Crippen LogP contribution in [-0.4, -0.2) is 3.52 Å². The van der Waals surface area contributed by atoms with E-state index in [4.69, 9.17) is 6.26 Å². The van der Waals surface area contributed by atoms with Crippen LogP contribution in [0.15, 0.2) is 60.6 Å². The molecule has 0 saturated carbocycles. The van der Waals surface area contributed by atoms with Crippen molar-refractivity contribution in [2.24, 2.45) is 0 Å². The molecule has 6 heteroatoms. The Kier molecular flexibility index (Phi) is 35.2. The van der Waals surface area contributed by atoms with E-state index in [0.717, 1.165) is 0 Å². The van der Waals surface area contributed by atoms with Crippen molar-refractivity contribution in [3.8, 4) is 0 Å². The first-order valence-electron chi connectivity index (χ1n) is 11.9. The number of benzene rings is 2.